The number of aromatic nitrogens is 2. The molecule has 0 saturated heterocycles. The Bertz CT molecular complexity index is 990. The summed E-state index contributed by atoms with van der Waals surface area (Å²) in [6, 6.07) is 11.8. The van der Waals surface area contributed by atoms with E-state index in [1.165, 1.54) is 5.57 Å². The second-order valence-corrected chi connectivity index (χ2v) is 6.67. The van der Waals surface area contributed by atoms with Crippen molar-refractivity contribution < 1.29 is 9.53 Å². The summed E-state index contributed by atoms with van der Waals surface area (Å²) in [6.45, 7) is 3.46. The number of fused-ring (bicyclic) bond motifs is 1. The number of carbonyl (C=O) groups is 1. The maximum Gasteiger partial charge on any atom is 0.260 e. The summed E-state index contributed by atoms with van der Waals surface area (Å²) in [6.07, 6.45) is 7.65. The first-order valence-electron chi connectivity index (χ1n) is 9.36. The van der Waals surface area contributed by atoms with E-state index in [-0.39, 0.29) is 12.5 Å². The van der Waals surface area contributed by atoms with Crippen LogP contribution < -0.4 is 4.74 Å². The lowest BCUT2D eigenvalue weighted by atomic mass is 10.0. The topological polar surface area (TPSA) is 58.2 Å². The molecule has 5 heteroatoms. The summed E-state index contributed by atoms with van der Waals surface area (Å²) in [7, 11) is 0. The molecule has 27 heavy (non-hydrogen) atoms. The summed E-state index contributed by atoms with van der Waals surface area (Å²) in [4.78, 5) is 22.1. The second kappa shape index (κ2) is 7.66. The van der Waals surface area contributed by atoms with E-state index in [1.807, 2.05) is 53.7 Å². The molecule has 3 heterocycles. The molecule has 0 saturated carbocycles. The maximum absolute atomic E-state index is 12.5. The fourth-order valence-electron chi connectivity index (χ4n) is 3.51. The maximum atomic E-state index is 12.5. The van der Waals surface area contributed by atoms with Gasteiger partial charge in [0.05, 0.1) is 11.0 Å². The zero-order chi connectivity index (χ0) is 18.6. The molecule has 0 unspecified atom stereocenters. The summed E-state index contributed by atoms with van der Waals surface area (Å²) in [5.74, 6) is 0.819. The Balaban J connectivity index is 1.40. The van der Waals surface area contributed by atoms with E-state index >= 15 is 0 Å². The quantitative estimate of drug-likeness (QED) is 0.752. The van der Waals surface area contributed by atoms with Crippen molar-refractivity contribution >= 4 is 22.5 Å². The van der Waals surface area contributed by atoms with Crippen LogP contribution in [0.2, 0.25) is 0 Å². The van der Waals surface area contributed by atoms with Crippen LogP contribution in [0.3, 0.4) is 0 Å². The molecule has 0 bridgehead atoms. The van der Waals surface area contributed by atoms with E-state index in [1.54, 1.807) is 0 Å². The van der Waals surface area contributed by atoms with E-state index in [0.29, 0.717) is 13.1 Å². The normalized spacial score (nSPS) is 14.3. The van der Waals surface area contributed by atoms with Crippen LogP contribution in [0.1, 0.15) is 24.5 Å². The number of hydrogen-bond acceptors (Lipinski definition) is 3. The lowest BCUT2D eigenvalue weighted by Crippen LogP contribution is -2.37. The predicted octanol–water partition coefficient (Wildman–Crippen LogP) is 3.82. The molecule has 0 fully saturated rings. The molecule has 2 aromatic heterocycles. The van der Waals surface area contributed by atoms with Gasteiger partial charge in [-0.2, -0.15) is 0 Å². The van der Waals surface area contributed by atoms with E-state index < -0.39 is 0 Å². The van der Waals surface area contributed by atoms with Crippen molar-refractivity contribution in [3.63, 3.8) is 0 Å². The molecule has 4 rings (SSSR count). The number of ether oxygens (including phenoxy) is 1. The Hall–Kier alpha value is -3.08. The third kappa shape index (κ3) is 3.58. The Morgan fingerprint density at radius 3 is 2.96 bits per heavy atom. The Labute approximate surface area is 158 Å². The number of nitrogens with zero attached hydrogens (tertiary/aromatic N) is 2. The number of rotatable bonds is 5. The van der Waals surface area contributed by atoms with Crippen LogP contribution in [0, 0.1) is 0 Å². The van der Waals surface area contributed by atoms with Crippen LogP contribution in [-0.2, 0) is 11.2 Å². The number of aryl methyl sites for hydroxylation is 1. The zero-order valence-corrected chi connectivity index (χ0v) is 15.4. The molecule has 1 aliphatic heterocycles. The van der Waals surface area contributed by atoms with Crippen LogP contribution in [0.4, 0.5) is 0 Å². The number of aromatic amines is 1. The van der Waals surface area contributed by atoms with E-state index in [2.05, 4.69) is 23.0 Å². The minimum absolute atomic E-state index is 0.0215. The largest absolute Gasteiger partial charge is 0.483 e. The van der Waals surface area contributed by atoms with Gasteiger partial charge in [-0.25, -0.2) is 0 Å². The summed E-state index contributed by atoms with van der Waals surface area (Å²) < 4.78 is 5.77. The van der Waals surface area contributed by atoms with Gasteiger partial charge >= 0.3 is 0 Å². The molecule has 0 radical (unpaired) electrons. The van der Waals surface area contributed by atoms with Gasteiger partial charge in [-0.15, -0.1) is 0 Å². The van der Waals surface area contributed by atoms with Crippen LogP contribution in [0.5, 0.6) is 5.75 Å². The highest BCUT2D eigenvalue weighted by molar-refractivity contribution is 5.90. The van der Waals surface area contributed by atoms with Gasteiger partial charge in [0.15, 0.2) is 6.61 Å². The molecular weight excluding hydrogens is 338 g/mol. The number of carbonyl (C=O) groups excluding carboxylic acids is 1. The van der Waals surface area contributed by atoms with Crippen molar-refractivity contribution in [3.05, 3.63) is 66.0 Å². The summed E-state index contributed by atoms with van der Waals surface area (Å²) in [5, 5.41) is 0. The third-order valence-corrected chi connectivity index (χ3v) is 5.05. The highest BCUT2D eigenvalue weighted by Crippen LogP contribution is 2.28. The minimum Gasteiger partial charge on any atom is -0.483 e. The lowest BCUT2D eigenvalue weighted by molar-refractivity contribution is -0.132. The highest BCUT2D eigenvalue weighted by Gasteiger charge is 2.20. The molecule has 0 aliphatic carbocycles. The van der Waals surface area contributed by atoms with Crippen molar-refractivity contribution in [2.45, 2.75) is 19.8 Å². The van der Waals surface area contributed by atoms with E-state index in [9.17, 15) is 4.79 Å². The molecule has 3 aromatic rings. The Morgan fingerprint density at radius 1 is 1.26 bits per heavy atom. The van der Waals surface area contributed by atoms with Crippen molar-refractivity contribution in [2.24, 2.45) is 0 Å². The average molecular weight is 361 g/mol. The standard InChI is InChI=1S/C22H23N3O2/c1-2-16-6-3-4-8-20(16)27-15-21(26)25-12-9-17(10-13-25)18-14-24-19-7-5-11-23-22(18)19/h3-9,11,14,24H,2,10,12-13,15H2,1H3. The van der Waals surface area contributed by atoms with Crippen molar-refractivity contribution in [1.82, 2.24) is 14.9 Å². The molecule has 1 aromatic carbocycles. The second-order valence-electron chi connectivity index (χ2n) is 6.67. The average Bonchev–Trinajstić information content (AvgIpc) is 3.16. The molecule has 1 N–H and O–H groups in total. The molecule has 0 atom stereocenters. The van der Waals surface area contributed by atoms with Gasteiger partial charge in [0.2, 0.25) is 0 Å². The fraction of sp³-hybridized carbons (Fsp3) is 0.273. The van der Waals surface area contributed by atoms with Crippen molar-refractivity contribution in [3.8, 4) is 5.75 Å². The molecule has 5 nitrogen and oxygen atoms in total. The third-order valence-electron chi connectivity index (χ3n) is 5.05. The van der Waals surface area contributed by atoms with E-state index in [4.69, 9.17) is 4.74 Å². The van der Waals surface area contributed by atoms with Crippen LogP contribution in [0.15, 0.2) is 54.9 Å². The molecule has 1 amide bonds. The lowest BCUT2D eigenvalue weighted by Gasteiger charge is -2.26. The first kappa shape index (κ1) is 17.3. The molecule has 0 spiro atoms. The van der Waals surface area contributed by atoms with Crippen LogP contribution in [0.25, 0.3) is 16.6 Å². The number of benzene rings is 1. The van der Waals surface area contributed by atoms with Gasteiger partial charge in [0.1, 0.15) is 5.75 Å². The summed E-state index contributed by atoms with van der Waals surface area (Å²) >= 11 is 0. The predicted molar refractivity (Wildman–Crippen MR) is 107 cm³/mol. The molecular formula is C22H23N3O2. The van der Waals surface area contributed by atoms with Gasteiger partial charge in [0, 0.05) is 31.0 Å². The number of amides is 1. The number of para-hydroxylation sites is 1. The summed E-state index contributed by atoms with van der Waals surface area (Å²) in [5.41, 5.74) is 5.52. The fourth-order valence-corrected chi connectivity index (χ4v) is 3.51. The van der Waals surface area contributed by atoms with E-state index in [0.717, 1.165) is 40.8 Å². The van der Waals surface area contributed by atoms with Crippen molar-refractivity contribution in [2.75, 3.05) is 19.7 Å². The zero-order valence-electron chi connectivity index (χ0n) is 15.4. The number of pyridine rings is 1. The monoisotopic (exact) mass is 361 g/mol. The van der Waals surface area contributed by atoms with Crippen LogP contribution >= 0.6 is 0 Å². The van der Waals surface area contributed by atoms with Gasteiger partial charge < -0.3 is 14.6 Å². The number of H-pyrrole nitrogens is 1. The van der Waals surface area contributed by atoms with Gasteiger partial charge in [0.25, 0.3) is 5.91 Å². The van der Waals surface area contributed by atoms with Crippen molar-refractivity contribution in [1.29, 1.82) is 0 Å². The number of nitrogens with one attached hydrogen (secondary N) is 1. The first-order chi connectivity index (χ1) is 13.3. The van der Waals surface area contributed by atoms with Gasteiger partial charge in [-0.3, -0.25) is 9.78 Å². The smallest absolute Gasteiger partial charge is 0.260 e. The first-order valence-corrected chi connectivity index (χ1v) is 9.36. The van der Waals surface area contributed by atoms with Gasteiger partial charge in [-0.1, -0.05) is 31.2 Å². The van der Waals surface area contributed by atoms with Crippen LogP contribution in [-0.4, -0.2) is 40.5 Å². The van der Waals surface area contributed by atoms with Gasteiger partial charge in [-0.05, 0) is 42.2 Å². The minimum atomic E-state index is 0.0215. The number of hydrogen-bond donors (Lipinski definition) is 1. The highest BCUT2D eigenvalue weighted by atomic mass is 16.5. The molecule has 138 valence electrons. The Kier molecular flexibility index (Phi) is 4.92. The Morgan fingerprint density at radius 2 is 2.15 bits per heavy atom. The molecule has 1 aliphatic rings. The SMILES string of the molecule is CCc1ccccc1OCC(=O)N1CC=C(c2c[nH]c3cccnc23)CC1.